The van der Waals surface area contributed by atoms with Crippen LogP contribution in [0.5, 0.6) is 0 Å². The molecule has 15 heavy (non-hydrogen) atoms. The van der Waals surface area contributed by atoms with Gasteiger partial charge in [-0.25, -0.2) is 13.8 Å². The van der Waals surface area contributed by atoms with Crippen molar-refractivity contribution in [2.75, 3.05) is 0 Å². The van der Waals surface area contributed by atoms with E-state index in [4.69, 9.17) is 0 Å². The topological polar surface area (TPSA) is 12.9 Å². The molecule has 1 aromatic rings. The van der Waals surface area contributed by atoms with Crippen LogP contribution >= 0.6 is 38.5 Å². The molecule has 0 aromatic carbocycles. The Morgan fingerprint density at radius 1 is 1.33 bits per heavy atom. The van der Waals surface area contributed by atoms with E-state index in [9.17, 15) is 22.0 Å². The fourth-order valence-corrected chi connectivity index (χ4v) is 1.83. The summed E-state index contributed by atoms with van der Waals surface area (Å²) in [6.07, 6.45) is -7.62. The number of alkyl halides is 5. The van der Waals surface area contributed by atoms with Gasteiger partial charge in [-0.1, -0.05) is 0 Å². The Kier molecular flexibility index (Phi) is 3.90. The molecule has 1 rings (SSSR count). The zero-order valence-electron chi connectivity index (χ0n) is 6.75. The van der Waals surface area contributed by atoms with Crippen molar-refractivity contribution in [3.05, 3.63) is 25.5 Å². The van der Waals surface area contributed by atoms with E-state index in [1.807, 2.05) is 0 Å². The molecule has 84 valence electrons. The number of aromatic nitrogens is 1. The van der Waals surface area contributed by atoms with Gasteiger partial charge in [-0.3, -0.25) is 0 Å². The van der Waals surface area contributed by atoms with Gasteiger partial charge in [0, 0.05) is 11.8 Å². The monoisotopic (exact) mass is 401 g/mol. The summed E-state index contributed by atoms with van der Waals surface area (Å²) in [5.41, 5.74) is -2.48. The van der Waals surface area contributed by atoms with Crippen molar-refractivity contribution in [2.24, 2.45) is 0 Å². The van der Waals surface area contributed by atoms with Crippen LogP contribution in [0.1, 0.15) is 17.6 Å². The van der Waals surface area contributed by atoms with Crippen molar-refractivity contribution in [1.82, 2.24) is 4.98 Å². The summed E-state index contributed by atoms with van der Waals surface area (Å²) < 4.78 is 61.6. The number of nitrogens with zero attached hydrogens (tertiary/aromatic N) is 1. The lowest BCUT2D eigenvalue weighted by Gasteiger charge is -2.13. The molecule has 0 saturated heterocycles. The average Bonchev–Trinajstić information content (AvgIpc) is 2.06. The third kappa shape index (κ3) is 2.77. The van der Waals surface area contributed by atoms with E-state index in [1.54, 1.807) is 22.6 Å². The minimum absolute atomic E-state index is 0.0656. The number of hydrogen-bond acceptors (Lipinski definition) is 1. The molecule has 0 amide bonds. The molecule has 8 heteroatoms. The van der Waals surface area contributed by atoms with Crippen LogP contribution in [0.2, 0.25) is 0 Å². The Bertz CT molecular complexity index is 378. The summed E-state index contributed by atoms with van der Waals surface area (Å²) in [6, 6.07) is 0. The van der Waals surface area contributed by atoms with Gasteiger partial charge in [0.15, 0.2) is 0 Å². The summed E-state index contributed by atoms with van der Waals surface area (Å²) in [4.78, 5) is 3.37. The quantitative estimate of drug-likeness (QED) is 0.386. The molecule has 0 aliphatic rings. The second-order valence-electron chi connectivity index (χ2n) is 2.49. The molecule has 0 fully saturated rings. The molecule has 0 bridgehead atoms. The lowest BCUT2D eigenvalue weighted by Crippen LogP contribution is -2.11. The van der Waals surface area contributed by atoms with Crippen LogP contribution in [0.15, 0.2) is 10.7 Å². The molecule has 0 atom stereocenters. The van der Waals surface area contributed by atoms with Gasteiger partial charge in [0.2, 0.25) is 0 Å². The van der Waals surface area contributed by atoms with E-state index >= 15 is 0 Å². The van der Waals surface area contributed by atoms with Crippen molar-refractivity contribution in [3.63, 3.8) is 0 Å². The smallest absolute Gasteiger partial charge is 0.248 e. The first kappa shape index (κ1) is 13.1. The lowest BCUT2D eigenvalue weighted by molar-refractivity contribution is -0.139. The maximum Gasteiger partial charge on any atom is 0.418 e. The van der Waals surface area contributed by atoms with Gasteiger partial charge >= 0.3 is 6.18 Å². The Labute approximate surface area is 103 Å². The second kappa shape index (κ2) is 4.48. The summed E-state index contributed by atoms with van der Waals surface area (Å²) >= 11 is 4.24. The first-order valence-electron chi connectivity index (χ1n) is 3.44. The van der Waals surface area contributed by atoms with Crippen molar-refractivity contribution >= 4 is 38.5 Å². The lowest BCUT2D eigenvalue weighted by atomic mass is 10.1. The molecule has 0 unspecified atom stereocenters. The Hall–Kier alpha value is 0.01000. The van der Waals surface area contributed by atoms with Gasteiger partial charge in [-0.15, -0.1) is 0 Å². The van der Waals surface area contributed by atoms with Gasteiger partial charge in [0.05, 0.1) is 10.0 Å². The van der Waals surface area contributed by atoms with E-state index in [0.717, 1.165) is 0 Å². The van der Waals surface area contributed by atoms with Gasteiger partial charge in [0.25, 0.3) is 6.43 Å². The molecule has 0 aliphatic heterocycles. The molecule has 1 heterocycles. The predicted octanol–water partition coefficient (Wildman–Crippen LogP) is 4.41. The van der Waals surface area contributed by atoms with Crippen molar-refractivity contribution in [2.45, 2.75) is 12.6 Å². The molecular weight excluding hydrogens is 400 g/mol. The Morgan fingerprint density at radius 3 is 2.27 bits per heavy atom. The van der Waals surface area contributed by atoms with Crippen molar-refractivity contribution in [1.29, 1.82) is 0 Å². The second-order valence-corrected chi connectivity index (χ2v) is 4.30. The molecule has 1 aromatic heterocycles. The van der Waals surface area contributed by atoms with Gasteiger partial charge in [-0.05, 0) is 38.5 Å². The fourth-order valence-electron chi connectivity index (χ4n) is 0.916. The minimum atomic E-state index is -4.83. The maximum atomic E-state index is 12.4. The van der Waals surface area contributed by atoms with Crippen molar-refractivity contribution < 1.29 is 22.0 Å². The zero-order chi connectivity index (χ0) is 11.8. The van der Waals surface area contributed by atoms with Crippen LogP contribution in [0, 0.1) is 3.70 Å². The van der Waals surface area contributed by atoms with Gasteiger partial charge < -0.3 is 0 Å². The molecule has 0 aliphatic carbocycles. The summed E-state index contributed by atoms with van der Waals surface area (Å²) in [7, 11) is 0. The highest BCUT2D eigenvalue weighted by Crippen LogP contribution is 2.40. The molecule has 0 spiro atoms. The molecular formula is C7H2BrF5IN. The average molecular weight is 402 g/mol. The predicted molar refractivity (Wildman–Crippen MR) is 54.6 cm³/mol. The summed E-state index contributed by atoms with van der Waals surface area (Å²) in [5, 5.41) is 0. The first-order chi connectivity index (χ1) is 6.75. The highest BCUT2D eigenvalue weighted by Gasteiger charge is 2.37. The largest absolute Gasteiger partial charge is 0.418 e. The van der Waals surface area contributed by atoms with E-state index in [2.05, 4.69) is 20.9 Å². The van der Waals surface area contributed by atoms with E-state index < -0.39 is 23.7 Å². The van der Waals surface area contributed by atoms with Crippen LogP contribution < -0.4 is 0 Å². The van der Waals surface area contributed by atoms with Gasteiger partial charge in [-0.2, -0.15) is 13.2 Å². The van der Waals surface area contributed by atoms with E-state index in [1.165, 1.54) is 0 Å². The fraction of sp³-hybridized carbons (Fsp3) is 0.286. The highest BCUT2D eigenvalue weighted by atomic mass is 127. The third-order valence-corrected chi connectivity index (χ3v) is 3.90. The van der Waals surface area contributed by atoms with Crippen LogP contribution in [-0.2, 0) is 6.18 Å². The highest BCUT2D eigenvalue weighted by molar-refractivity contribution is 14.1. The first-order valence-corrected chi connectivity index (χ1v) is 5.31. The Morgan fingerprint density at radius 2 is 1.87 bits per heavy atom. The standard InChI is InChI=1S/C7H2BrF5IN/c8-4-3(5(9)10)2(7(11,12)13)1-15-6(4)14/h1,5H. The van der Waals surface area contributed by atoms with E-state index in [-0.39, 0.29) is 8.17 Å². The maximum absolute atomic E-state index is 12.4. The molecule has 0 saturated carbocycles. The SMILES string of the molecule is FC(F)c1c(C(F)(F)F)cnc(I)c1Br. The van der Waals surface area contributed by atoms with Crippen molar-refractivity contribution in [3.8, 4) is 0 Å². The van der Waals surface area contributed by atoms with Crippen LogP contribution in [0.3, 0.4) is 0 Å². The van der Waals surface area contributed by atoms with E-state index in [0.29, 0.717) is 6.20 Å². The number of hydrogen-bond donors (Lipinski definition) is 0. The molecule has 0 N–H and O–H groups in total. The summed E-state index contributed by atoms with van der Waals surface area (Å²) in [6.45, 7) is 0. The van der Waals surface area contributed by atoms with Crippen LogP contribution in [0.25, 0.3) is 0 Å². The van der Waals surface area contributed by atoms with Crippen LogP contribution in [-0.4, -0.2) is 4.98 Å². The number of rotatable bonds is 1. The normalized spacial score (nSPS) is 12.3. The minimum Gasteiger partial charge on any atom is -0.248 e. The van der Waals surface area contributed by atoms with Crippen LogP contribution in [0.4, 0.5) is 22.0 Å². The Balaban J connectivity index is 3.47. The third-order valence-electron chi connectivity index (χ3n) is 1.54. The zero-order valence-corrected chi connectivity index (χ0v) is 10.5. The summed E-state index contributed by atoms with van der Waals surface area (Å²) in [5.74, 6) is 0. The molecule has 0 radical (unpaired) electrons. The molecule has 1 nitrogen and oxygen atoms in total. The number of pyridine rings is 1. The van der Waals surface area contributed by atoms with Gasteiger partial charge in [0.1, 0.15) is 3.70 Å². The number of halogens is 7.